The number of anilines is 1. The molecular formula is C11H9F2NS. The summed E-state index contributed by atoms with van der Waals surface area (Å²) in [5.74, 6) is -1.08. The Morgan fingerprint density at radius 1 is 1.13 bits per heavy atom. The Bertz CT molecular complexity index is 505. The minimum Gasteiger partial charge on any atom is -0.396 e. The average Bonchev–Trinajstić information content (AvgIpc) is 2.58. The Balaban J connectivity index is 2.58. The van der Waals surface area contributed by atoms with E-state index in [0.717, 1.165) is 17.0 Å². The number of hydrogen-bond donors (Lipinski definition) is 1. The van der Waals surface area contributed by atoms with Gasteiger partial charge in [-0.3, -0.25) is 0 Å². The van der Waals surface area contributed by atoms with Gasteiger partial charge in [0, 0.05) is 16.5 Å². The summed E-state index contributed by atoms with van der Waals surface area (Å²) in [6, 6.07) is 3.96. The van der Waals surface area contributed by atoms with Crippen molar-refractivity contribution in [3.63, 3.8) is 0 Å². The lowest BCUT2D eigenvalue weighted by Crippen LogP contribution is -1.93. The smallest absolute Gasteiger partial charge is 0.146 e. The second kappa shape index (κ2) is 3.62. The van der Waals surface area contributed by atoms with Gasteiger partial charge in [-0.2, -0.15) is 0 Å². The lowest BCUT2D eigenvalue weighted by molar-refractivity contribution is 0.607. The number of nitrogen functional groups attached to an aromatic ring is 1. The summed E-state index contributed by atoms with van der Waals surface area (Å²) >= 11 is 1.50. The summed E-state index contributed by atoms with van der Waals surface area (Å²) in [5.41, 5.74) is 6.04. The molecule has 0 spiro atoms. The van der Waals surface area contributed by atoms with Gasteiger partial charge in [0.05, 0.1) is 5.69 Å². The van der Waals surface area contributed by atoms with E-state index in [0.29, 0.717) is 5.56 Å². The highest BCUT2D eigenvalue weighted by atomic mass is 32.1. The minimum absolute atomic E-state index is 0.164. The van der Waals surface area contributed by atoms with Gasteiger partial charge in [0.25, 0.3) is 0 Å². The van der Waals surface area contributed by atoms with Crippen molar-refractivity contribution < 1.29 is 8.78 Å². The van der Waals surface area contributed by atoms with Crippen molar-refractivity contribution in [1.82, 2.24) is 0 Å². The van der Waals surface area contributed by atoms with Gasteiger partial charge in [-0.05, 0) is 30.0 Å². The van der Waals surface area contributed by atoms with Crippen LogP contribution in [0.25, 0.3) is 11.1 Å². The summed E-state index contributed by atoms with van der Waals surface area (Å²) in [5, 5.41) is 1.80. The van der Waals surface area contributed by atoms with E-state index in [9.17, 15) is 8.78 Å². The van der Waals surface area contributed by atoms with Crippen LogP contribution in [0.3, 0.4) is 0 Å². The van der Waals surface area contributed by atoms with E-state index >= 15 is 0 Å². The van der Waals surface area contributed by atoms with E-state index in [2.05, 4.69) is 0 Å². The first-order chi connectivity index (χ1) is 7.08. The molecule has 1 heterocycles. The summed E-state index contributed by atoms with van der Waals surface area (Å²) in [6.07, 6.45) is 0. The molecule has 0 saturated carbocycles. The number of thiophene rings is 1. The molecule has 1 aromatic carbocycles. The molecule has 2 N–H and O–H groups in total. The Hall–Kier alpha value is -1.42. The maximum atomic E-state index is 13.5. The normalized spacial score (nSPS) is 10.6. The molecule has 0 aliphatic carbocycles. The fourth-order valence-electron chi connectivity index (χ4n) is 1.37. The summed E-state index contributed by atoms with van der Waals surface area (Å²) < 4.78 is 26.6. The van der Waals surface area contributed by atoms with Crippen LogP contribution in [0.1, 0.15) is 4.88 Å². The third-order valence-corrected chi connectivity index (χ3v) is 2.99. The van der Waals surface area contributed by atoms with Crippen molar-refractivity contribution in [3.05, 3.63) is 40.1 Å². The Morgan fingerprint density at radius 3 is 2.47 bits per heavy atom. The molecule has 0 atom stereocenters. The number of halogens is 2. The van der Waals surface area contributed by atoms with E-state index in [1.807, 2.05) is 13.0 Å². The van der Waals surface area contributed by atoms with Crippen LogP contribution in [0.5, 0.6) is 0 Å². The number of aryl methyl sites for hydroxylation is 1. The van der Waals surface area contributed by atoms with Crippen molar-refractivity contribution in [2.24, 2.45) is 0 Å². The lowest BCUT2D eigenvalue weighted by atomic mass is 10.1. The van der Waals surface area contributed by atoms with Crippen LogP contribution in [-0.2, 0) is 0 Å². The number of nitrogens with two attached hydrogens (primary N) is 1. The van der Waals surface area contributed by atoms with Crippen molar-refractivity contribution in [3.8, 4) is 11.1 Å². The van der Waals surface area contributed by atoms with Gasteiger partial charge in [-0.25, -0.2) is 8.78 Å². The van der Waals surface area contributed by atoms with E-state index in [4.69, 9.17) is 5.73 Å². The quantitative estimate of drug-likeness (QED) is 0.737. The molecule has 2 rings (SSSR count). The predicted molar refractivity (Wildman–Crippen MR) is 58.8 cm³/mol. The van der Waals surface area contributed by atoms with Gasteiger partial charge in [0.2, 0.25) is 0 Å². The number of hydrogen-bond acceptors (Lipinski definition) is 2. The van der Waals surface area contributed by atoms with Gasteiger partial charge in [-0.15, -0.1) is 11.3 Å². The predicted octanol–water partition coefficient (Wildman–Crippen LogP) is 3.58. The lowest BCUT2D eigenvalue weighted by Gasteiger charge is -2.03. The van der Waals surface area contributed by atoms with Crippen molar-refractivity contribution in [1.29, 1.82) is 0 Å². The van der Waals surface area contributed by atoms with Crippen LogP contribution in [0.2, 0.25) is 0 Å². The van der Waals surface area contributed by atoms with E-state index in [-0.39, 0.29) is 11.3 Å². The molecule has 0 amide bonds. The van der Waals surface area contributed by atoms with Crippen molar-refractivity contribution in [2.45, 2.75) is 6.92 Å². The second-order valence-corrected chi connectivity index (χ2v) is 4.41. The fourth-order valence-corrected chi connectivity index (χ4v) is 2.07. The molecule has 4 heteroatoms. The molecule has 1 aromatic heterocycles. The first-order valence-electron chi connectivity index (χ1n) is 4.38. The highest BCUT2D eigenvalue weighted by Crippen LogP contribution is 2.29. The zero-order chi connectivity index (χ0) is 11.0. The molecule has 0 saturated heterocycles. The van der Waals surface area contributed by atoms with E-state index in [1.165, 1.54) is 11.3 Å². The minimum atomic E-state index is -0.588. The Morgan fingerprint density at radius 2 is 1.87 bits per heavy atom. The van der Waals surface area contributed by atoms with Gasteiger partial charge in [0.1, 0.15) is 11.6 Å². The summed E-state index contributed by atoms with van der Waals surface area (Å²) in [6.45, 7) is 1.92. The maximum absolute atomic E-state index is 13.5. The monoisotopic (exact) mass is 225 g/mol. The standard InChI is InChI=1S/C11H9F2NS/c1-6-2-7(5-15-6)8-3-10(13)11(14)4-9(8)12/h2-5H,14H2,1H3. The fraction of sp³-hybridized carbons (Fsp3) is 0.0909. The molecule has 78 valence electrons. The molecular weight excluding hydrogens is 216 g/mol. The molecule has 0 bridgehead atoms. The summed E-state index contributed by atoms with van der Waals surface area (Å²) in [4.78, 5) is 1.06. The first kappa shape index (κ1) is 10.1. The third kappa shape index (κ3) is 1.85. The van der Waals surface area contributed by atoms with Crippen LogP contribution in [-0.4, -0.2) is 0 Å². The largest absolute Gasteiger partial charge is 0.396 e. The van der Waals surface area contributed by atoms with Crippen molar-refractivity contribution in [2.75, 3.05) is 5.73 Å². The van der Waals surface area contributed by atoms with Crippen molar-refractivity contribution >= 4 is 17.0 Å². The number of rotatable bonds is 1. The van der Waals surface area contributed by atoms with Gasteiger partial charge < -0.3 is 5.73 Å². The van der Waals surface area contributed by atoms with Crippen LogP contribution >= 0.6 is 11.3 Å². The third-order valence-electron chi connectivity index (χ3n) is 2.13. The molecule has 15 heavy (non-hydrogen) atoms. The van der Waals surface area contributed by atoms with E-state index < -0.39 is 11.6 Å². The van der Waals surface area contributed by atoms with Crippen LogP contribution in [0.15, 0.2) is 23.6 Å². The average molecular weight is 225 g/mol. The highest BCUT2D eigenvalue weighted by Gasteiger charge is 2.10. The zero-order valence-electron chi connectivity index (χ0n) is 8.05. The van der Waals surface area contributed by atoms with Gasteiger partial charge in [0.15, 0.2) is 0 Å². The summed E-state index contributed by atoms with van der Waals surface area (Å²) in [7, 11) is 0. The number of benzene rings is 1. The SMILES string of the molecule is Cc1cc(-c2cc(F)c(N)cc2F)cs1. The van der Waals surface area contributed by atoms with Crippen LogP contribution in [0.4, 0.5) is 14.5 Å². The topological polar surface area (TPSA) is 26.0 Å². The van der Waals surface area contributed by atoms with Crippen LogP contribution < -0.4 is 5.73 Å². The zero-order valence-corrected chi connectivity index (χ0v) is 8.87. The second-order valence-electron chi connectivity index (χ2n) is 3.30. The Labute approximate surface area is 90.2 Å². The highest BCUT2D eigenvalue weighted by molar-refractivity contribution is 7.10. The molecule has 0 radical (unpaired) electrons. The molecule has 0 aliphatic rings. The molecule has 0 unspecified atom stereocenters. The van der Waals surface area contributed by atoms with E-state index in [1.54, 1.807) is 5.38 Å². The van der Waals surface area contributed by atoms with Crippen LogP contribution in [0, 0.1) is 18.6 Å². The molecule has 0 fully saturated rings. The van der Waals surface area contributed by atoms with Gasteiger partial charge in [-0.1, -0.05) is 0 Å². The Kier molecular flexibility index (Phi) is 2.44. The molecule has 2 aromatic rings. The first-order valence-corrected chi connectivity index (χ1v) is 5.26. The van der Waals surface area contributed by atoms with Gasteiger partial charge >= 0.3 is 0 Å². The maximum Gasteiger partial charge on any atom is 0.146 e. The molecule has 1 nitrogen and oxygen atoms in total. The molecule has 0 aliphatic heterocycles.